The van der Waals surface area contributed by atoms with Crippen LogP contribution in [0.3, 0.4) is 0 Å². The van der Waals surface area contributed by atoms with Gasteiger partial charge in [0.2, 0.25) is 11.8 Å². The third kappa shape index (κ3) is 4.03. The van der Waals surface area contributed by atoms with Crippen molar-refractivity contribution in [1.82, 2.24) is 15.2 Å². The highest BCUT2D eigenvalue weighted by Gasteiger charge is 2.47. The van der Waals surface area contributed by atoms with Crippen LogP contribution in [0.4, 0.5) is 18.9 Å². The molecule has 1 aromatic carbocycles. The van der Waals surface area contributed by atoms with E-state index in [2.05, 4.69) is 10.6 Å². The number of halogens is 3. The molecule has 0 bridgehead atoms. The lowest BCUT2D eigenvalue weighted by atomic mass is 10.0. The molecule has 1 saturated carbocycles. The molecule has 8 nitrogen and oxygen atoms in total. The summed E-state index contributed by atoms with van der Waals surface area (Å²) in [6, 6.07) is 6.28. The monoisotopic (exact) mass is 434 g/mol. The highest BCUT2D eigenvalue weighted by Crippen LogP contribution is 2.41. The van der Waals surface area contributed by atoms with Crippen molar-refractivity contribution >= 4 is 23.4 Å². The maximum Gasteiger partial charge on any atom is 0.417 e. The Balaban J connectivity index is 1.45. The van der Waals surface area contributed by atoms with Crippen molar-refractivity contribution in [3.8, 4) is 0 Å². The van der Waals surface area contributed by atoms with E-state index in [1.807, 2.05) is 4.98 Å². The van der Waals surface area contributed by atoms with Gasteiger partial charge >= 0.3 is 6.18 Å². The van der Waals surface area contributed by atoms with Gasteiger partial charge < -0.3 is 20.5 Å². The fourth-order valence-corrected chi connectivity index (χ4v) is 3.53. The molecule has 2 aromatic rings. The first-order chi connectivity index (χ1) is 14.7. The van der Waals surface area contributed by atoms with Crippen molar-refractivity contribution in [2.75, 3.05) is 11.9 Å². The van der Waals surface area contributed by atoms with Crippen LogP contribution >= 0.6 is 0 Å². The van der Waals surface area contributed by atoms with Gasteiger partial charge in [-0.25, -0.2) is 0 Å². The van der Waals surface area contributed by atoms with Gasteiger partial charge in [-0.3, -0.25) is 19.2 Å². The fourth-order valence-electron chi connectivity index (χ4n) is 3.53. The van der Waals surface area contributed by atoms with E-state index in [0.717, 1.165) is 12.8 Å². The highest BCUT2D eigenvalue weighted by molar-refractivity contribution is 6.05. The normalized spacial score (nSPS) is 18.0. The number of carbonyl (C=O) groups excluding carboxylic acids is 3. The Morgan fingerprint density at radius 2 is 1.87 bits per heavy atom. The zero-order chi connectivity index (χ0) is 22.3. The molecule has 0 radical (unpaired) electrons. The Hall–Kier alpha value is -3.63. The standard InChI is InChI=1S/C20H17F3N4O4/c21-20(22,23)10-7-14(17(29)24-8-10)26-15(28)9-25-18(30)16-12-3-1-2-4-13(12)19(31)27(16)11-5-6-11/h1-4,7-8,11,16H,5-6,9H2,(H,24,29)(H,25,30)(H,26,28). The number of benzene rings is 1. The Morgan fingerprint density at radius 1 is 1.16 bits per heavy atom. The first kappa shape index (κ1) is 20.6. The second-order valence-electron chi connectivity index (χ2n) is 7.33. The molecule has 0 saturated heterocycles. The Labute approximate surface area is 173 Å². The molecule has 1 aromatic heterocycles. The van der Waals surface area contributed by atoms with E-state index in [4.69, 9.17) is 0 Å². The van der Waals surface area contributed by atoms with Crippen LogP contribution in [0.2, 0.25) is 0 Å². The predicted molar refractivity (Wildman–Crippen MR) is 102 cm³/mol. The van der Waals surface area contributed by atoms with Crippen molar-refractivity contribution < 1.29 is 27.6 Å². The number of carbonyl (C=O) groups is 3. The number of pyridine rings is 1. The number of hydrogen-bond donors (Lipinski definition) is 3. The molecule has 3 amide bonds. The van der Waals surface area contributed by atoms with Gasteiger partial charge in [0.15, 0.2) is 0 Å². The minimum atomic E-state index is -4.70. The van der Waals surface area contributed by atoms with E-state index in [1.165, 1.54) is 4.90 Å². The fraction of sp³-hybridized carbons (Fsp3) is 0.300. The number of anilines is 1. The third-order valence-electron chi connectivity index (χ3n) is 5.11. The van der Waals surface area contributed by atoms with Crippen LogP contribution in [-0.2, 0) is 15.8 Å². The van der Waals surface area contributed by atoms with Crippen molar-refractivity contribution in [3.63, 3.8) is 0 Å². The number of hydrogen-bond acceptors (Lipinski definition) is 4. The second-order valence-corrected chi connectivity index (χ2v) is 7.33. The number of aromatic nitrogens is 1. The summed E-state index contributed by atoms with van der Waals surface area (Å²) >= 11 is 0. The van der Waals surface area contributed by atoms with Crippen molar-refractivity contribution in [3.05, 3.63) is 63.6 Å². The molecule has 4 rings (SSSR count). The van der Waals surface area contributed by atoms with E-state index < -0.39 is 47.4 Å². The van der Waals surface area contributed by atoms with Crippen LogP contribution in [0.15, 0.2) is 41.3 Å². The second kappa shape index (κ2) is 7.56. The molecule has 1 unspecified atom stereocenters. The lowest BCUT2D eigenvalue weighted by molar-refractivity contribution is -0.137. The number of H-pyrrole nitrogens is 1. The number of aromatic amines is 1. The topological polar surface area (TPSA) is 111 Å². The van der Waals surface area contributed by atoms with E-state index in [1.54, 1.807) is 24.3 Å². The van der Waals surface area contributed by atoms with Crippen molar-refractivity contribution in [2.24, 2.45) is 0 Å². The summed E-state index contributed by atoms with van der Waals surface area (Å²) in [6.45, 7) is -0.583. The minimum absolute atomic E-state index is 0.0480. The summed E-state index contributed by atoms with van der Waals surface area (Å²) in [5.41, 5.74) is -1.67. The lowest BCUT2D eigenvalue weighted by Gasteiger charge is -2.24. The van der Waals surface area contributed by atoms with Gasteiger partial charge in [-0.2, -0.15) is 13.2 Å². The molecule has 1 aliphatic heterocycles. The quantitative estimate of drug-likeness (QED) is 0.667. The molecule has 2 aliphatic rings. The molecule has 1 aliphatic carbocycles. The number of nitrogens with zero attached hydrogens (tertiary/aromatic N) is 1. The number of amides is 3. The van der Waals surface area contributed by atoms with E-state index in [0.29, 0.717) is 23.4 Å². The van der Waals surface area contributed by atoms with Crippen LogP contribution in [0.25, 0.3) is 0 Å². The first-order valence-corrected chi connectivity index (χ1v) is 9.46. The number of rotatable bonds is 5. The summed E-state index contributed by atoms with van der Waals surface area (Å²) in [4.78, 5) is 52.7. The molecular weight excluding hydrogens is 417 g/mol. The Kier molecular flexibility index (Phi) is 5.03. The molecule has 1 fully saturated rings. The maximum atomic E-state index is 12.8. The molecule has 31 heavy (non-hydrogen) atoms. The molecule has 0 spiro atoms. The van der Waals surface area contributed by atoms with Gasteiger partial charge in [0.05, 0.1) is 12.1 Å². The Morgan fingerprint density at radius 3 is 2.55 bits per heavy atom. The number of alkyl halides is 3. The van der Waals surface area contributed by atoms with Crippen LogP contribution in [-0.4, -0.2) is 40.2 Å². The zero-order valence-corrected chi connectivity index (χ0v) is 16.0. The lowest BCUT2D eigenvalue weighted by Crippen LogP contribution is -2.43. The van der Waals surface area contributed by atoms with E-state index >= 15 is 0 Å². The van der Waals surface area contributed by atoms with Crippen LogP contribution in [0.5, 0.6) is 0 Å². The number of fused-ring (bicyclic) bond motifs is 1. The summed E-state index contributed by atoms with van der Waals surface area (Å²) < 4.78 is 38.4. The molecule has 162 valence electrons. The van der Waals surface area contributed by atoms with Crippen LogP contribution in [0, 0.1) is 0 Å². The summed E-state index contributed by atoms with van der Waals surface area (Å²) in [5, 5.41) is 4.47. The molecule has 3 N–H and O–H groups in total. The molecular formula is C20H17F3N4O4. The van der Waals surface area contributed by atoms with Gasteiger partial charge in [0.1, 0.15) is 11.7 Å². The van der Waals surface area contributed by atoms with E-state index in [9.17, 15) is 32.3 Å². The van der Waals surface area contributed by atoms with Gasteiger partial charge in [0.25, 0.3) is 11.5 Å². The smallest absolute Gasteiger partial charge is 0.345 e. The van der Waals surface area contributed by atoms with Gasteiger partial charge in [-0.05, 0) is 30.5 Å². The maximum absolute atomic E-state index is 12.8. The average molecular weight is 434 g/mol. The predicted octanol–water partition coefficient (Wildman–Crippen LogP) is 1.81. The number of nitrogens with one attached hydrogen (secondary N) is 3. The molecule has 1 atom stereocenters. The van der Waals surface area contributed by atoms with Gasteiger partial charge in [-0.15, -0.1) is 0 Å². The van der Waals surface area contributed by atoms with Crippen molar-refractivity contribution in [2.45, 2.75) is 31.1 Å². The molecule has 2 heterocycles. The van der Waals surface area contributed by atoms with Crippen LogP contribution in [0.1, 0.15) is 40.4 Å². The third-order valence-corrected chi connectivity index (χ3v) is 5.11. The summed E-state index contributed by atoms with van der Waals surface area (Å²) in [6.07, 6.45) is -2.64. The minimum Gasteiger partial charge on any atom is -0.345 e. The zero-order valence-electron chi connectivity index (χ0n) is 16.0. The Bertz CT molecular complexity index is 1120. The largest absolute Gasteiger partial charge is 0.417 e. The van der Waals surface area contributed by atoms with E-state index in [-0.39, 0.29) is 11.9 Å². The summed E-state index contributed by atoms with van der Waals surface area (Å²) in [5.74, 6) is -1.72. The highest BCUT2D eigenvalue weighted by atomic mass is 19.4. The van der Waals surface area contributed by atoms with Gasteiger partial charge in [-0.1, -0.05) is 18.2 Å². The molecule has 11 heteroatoms. The summed E-state index contributed by atoms with van der Waals surface area (Å²) in [7, 11) is 0. The SMILES string of the molecule is O=C(CNC(=O)C1c2ccccc2C(=O)N1C1CC1)Nc1cc(C(F)(F)F)c[nH]c1=O. The average Bonchev–Trinajstić information content (AvgIpc) is 3.51. The van der Waals surface area contributed by atoms with Crippen molar-refractivity contribution in [1.29, 1.82) is 0 Å². The van der Waals surface area contributed by atoms with Crippen LogP contribution < -0.4 is 16.2 Å². The van der Waals surface area contributed by atoms with Gasteiger partial charge in [0, 0.05) is 17.8 Å². The first-order valence-electron chi connectivity index (χ1n) is 9.46.